The second-order valence-electron chi connectivity index (χ2n) is 3.94. The van der Waals surface area contributed by atoms with Gasteiger partial charge in [-0.15, -0.1) is 0 Å². The first-order valence-electron chi connectivity index (χ1n) is 5.77. The summed E-state index contributed by atoms with van der Waals surface area (Å²) in [7, 11) is 3.81. The van der Waals surface area contributed by atoms with Crippen LogP contribution in [-0.4, -0.2) is 33.3 Å². The average molecular weight is 222 g/mol. The zero-order chi connectivity index (χ0) is 12.0. The number of rotatable bonds is 6. The second-order valence-corrected chi connectivity index (χ2v) is 3.94. The normalized spacial score (nSPS) is 12.2. The van der Waals surface area contributed by atoms with Gasteiger partial charge < -0.3 is 15.0 Å². The first kappa shape index (κ1) is 12.8. The van der Waals surface area contributed by atoms with Crippen molar-refractivity contribution >= 4 is 5.69 Å². The van der Waals surface area contributed by atoms with Crippen LogP contribution in [-0.2, 0) is 0 Å². The predicted octanol–water partition coefficient (Wildman–Crippen LogP) is 2.13. The molecular formula is C13H22N2O. The minimum Gasteiger partial charge on any atom is -0.495 e. The Morgan fingerprint density at radius 2 is 2.06 bits per heavy atom. The van der Waals surface area contributed by atoms with Gasteiger partial charge in [0, 0.05) is 19.6 Å². The van der Waals surface area contributed by atoms with Crippen LogP contribution in [0.3, 0.4) is 0 Å². The predicted molar refractivity (Wildman–Crippen MR) is 69.4 cm³/mol. The van der Waals surface area contributed by atoms with Gasteiger partial charge in [-0.05, 0) is 25.6 Å². The zero-order valence-electron chi connectivity index (χ0n) is 10.7. The quantitative estimate of drug-likeness (QED) is 0.798. The van der Waals surface area contributed by atoms with E-state index < -0.39 is 0 Å². The molecule has 0 bridgehead atoms. The van der Waals surface area contributed by atoms with Gasteiger partial charge >= 0.3 is 0 Å². The molecule has 1 rings (SSSR count). The topological polar surface area (TPSA) is 24.5 Å². The summed E-state index contributed by atoms with van der Waals surface area (Å²) in [6.45, 7) is 6.31. The number of ether oxygens (including phenoxy) is 1. The zero-order valence-corrected chi connectivity index (χ0v) is 10.7. The number of hydrogen-bond acceptors (Lipinski definition) is 3. The highest BCUT2D eigenvalue weighted by Crippen LogP contribution is 2.27. The summed E-state index contributed by atoms with van der Waals surface area (Å²) in [5.74, 6) is 0.924. The van der Waals surface area contributed by atoms with Gasteiger partial charge in [0.25, 0.3) is 0 Å². The lowest BCUT2D eigenvalue weighted by Gasteiger charge is -2.28. The van der Waals surface area contributed by atoms with Crippen molar-refractivity contribution in [2.75, 3.05) is 32.1 Å². The largest absolute Gasteiger partial charge is 0.495 e. The molecule has 0 heterocycles. The molecule has 1 unspecified atom stereocenters. The Morgan fingerprint density at radius 1 is 1.38 bits per heavy atom. The molecular weight excluding hydrogens is 200 g/mol. The molecule has 0 saturated carbocycles. The summed E-state index contributed by atoms with van der Waals surface area (Å²) in [6, 6.07) is 8.54. The summed E-state index contributed by atoms with van der Waals surface area (Å²) in [6.07, 6.45) is 0. The van der Waals surface area contributed by atoms with Crippen molar-refractivity contribution in [2.45, 2.75) is 19.9 Å². The van der Waals surface area contributed by atoms with E-state index in [1.165, 1.54) is 0 Å². The van der Waals surface area contributed by atoms with E-state index in [4.69, 9.17) is 4.74 Å². The third-order valence-electron chi connectivity index (χ3n) is 2.82. The molecule has 1 N–H and O–H groups in total. The van der Waals surface area contributed by atoms with Gasteiger partial charge in [-0.25, -0.2) is 0 Å². The van der Waals surface area contributed by atoms with Crippen molar-refractivity contribution in [1.82, 2.24) is 5.32 Å². The number of nitrogens with one attached hydrogen (secondary N) is 1. The third-order valence-corrected chi connectivity index (χ3v) is 2.82. The molecule has 3 heteroatoms. The van der Waals surface area contributed by atoms with Gasteiger partial charge in [-0.2, -0.15) is 0 Å². The number of nitrogens with zero attached hydrogens (tertiary/aromatic N) is 1. The van der Waals surface area contributed by atoms with Crippen LogP contribution in [0.1, 0.15) is 13.8 Å². The smallest absolute Gasteiger partial charge is 0.142 e. The van der Waals surface area contributed by atoms with Crippen LogP contribution in [0.25, 0.3) is 0 Å². The first-order valence-corrected chi connectivity index (χ1v) is 5.77. The Hall–Kier alpha value is -1.22. The molecule has 0 fully saturated rings. The molecule has 1 aromatic carbocycles. The van der Waals surface area contributed by atoms with E-state index in [1.54, 1.807) is 7.11 Å². The van der Waals surface area contributed by atoms with Gasteiger partial charge in [-0.1, -0.05) is 19.1 Å². The second kappa shape index (κ2) is 6.38. The van der Waals surface area contributed by atoms with Crippen molar-refractivity contribution in [3.05, 3.63) is 24.3 Å². The van der Waals surface area contributed by atoms with Crippen LogP contribution in [0.5, 0.6) is 5.75 Å². The first-order chi connectivity index (χ1) is 7.70. The van der Waals surface area contributed by atoms with E-state index in [0.717, 1.165) is 24.5 Å². The number of benzene rings is 1. The maximum atomic E-state index is 5.36. The molecule has 0 aromatic heterocycles. The molecule has 0 amide bonds. The molecule has 3 nitrogen and oxygen atoms in total. The van der Waals surface area contributed by atoms with Crippen molar-refractivity contribution < 1.29 is 4.74 Å². The van der Waals surface area contributed by atoms with E-state index in [9.17, 15) is 0 Å². The lowest BCUT2D eigenvalue weighted by molar-refractivity contribution is 0.413. The van der Waals surface area contributed by atoms with Gasteiger partial charge in [-0.3, -0.25) is 0 Å². The van der Waals surface area contributed by atoms with Crippen molar-refractivity contribution in [1.29, 1.82) is 0 Å². The summed E-state index contributed by atoms with van der Waals surface area (Å²) >= 11 is 0. The monoisotopic (exact) mass is 222 g/mol. The highest BCUT2D eigenvalue weighted by molar-refractivity contribution is 5.58. The maximum absolute atomic E-state index is 5.36. The number of methoxy groups -OCH3 is 1. The molecule has 90 valence electrons. The number of para-hydroxylation sites is 2. The Balaban J connectivity index is 2.74. The summed E-state index contributed by atoms with van der Waals surface area (Å²) < 4.78 is 5.36. The Kier molecular flexibility index (Phi) is 5.12. The maximum Gasteiger partial charge on any atom is 0.142 e. The van der Waals surface area contributed by atoms with Crippen LogP contribution in [0, 0.1) is 0 Å². The Labute approximate surface area is 98.4 Å². The minimum absolute atomic E-state index is 0.441. The van der Waals surface area contributed by atoms with Gasteiger partial charge in [0.1, 0.15) is 5.75 Å². The molecule has 0 aliphatic carbocycles. The SMILES string of the molecule is CCNCC(C)N(C)c1ccccc1OC. The molecule has 0 aliphatic heterocycles. The fourth-order valence-electron chi connectivity index (χ4n) is 1.65. The van der Waals surface area contributed by atoms with E-state index in [2.05, 4.69) is 37.2 Å². The average Bonchev–Trinajstić information content (AvgIpc) is 2.34. The molecule has 1 atom stereocenters. The van der Waals surface area contributed by atoms with E-state index in [0.29, 0.717) is 6.04 Å². The lowest BCUT2D eigenvalue weighted by atomic mass is 10.2. The highest BCUT2D eigenvalue weighted by Gasteiger charge is 2.12. The van der Waals surface area contributed by atoms with E-state index in [-0.39, 0.29) is 0 Å². The van der Waals surface area contributed by atoms with Crippen molar-refractivity contribution in [3.63, 3.8) is 0 Å². The fourth-order valence-corrected chi connectivity index (χ4v) is 1.65. The summed E-state index contributed by atoms with van der Waals surface area (Å²) in [5.41, 5.74) is 1.13. The van der Waals surface area contributed by atoms with Crippen LogP contribution in [0.15, 0.2) is 24.3 Å². The molecule has 1 aromatic rings. The van der Waals surface area contributed by atoms with E-state index >= 15 is 0 Å². The van der Waals surface area contributed by atoms with Gasteiger partial charge in [0.15, 0.2) is 0 Å². The summed E-state index contributed by atoms with van der Waals surface area (Å²) in [5, 5.41) is 3.35. The van der Waals surface area contributed by atoms with Crippen LogP contribution >= 0.6 is 0 Å². The van der Waals surface area contributed by atoms with Gasteiger partial charge in [0.05, 0.1) is 12.8 Å². The number of anilines is 1. The van der Waals surface area contributed by atoms with Crippen LogP contribution < -0.4 is 15.0 Å². The molecule has 0 radical (unpaired) electrons. The molecule has 0 spiro atoms. The molecule has 0 saturated heterocycles. The summed E-state index contributed by atoms with van der Waals surface area (Å²) in [4.78, 5) is 2.24. The van der Waals surface area contributed by atoms with Crippen LogP contribution in [0.2, 0.25) is 0 Å². The van der Waals surface area contributed by atoms with Crippen LogP contribution in [0.4, 0.5) is 5.69 Å². The standard InChI is InChI=1S/C13H22N2O/c1-5-14-10-11(2)15(3)12-8-6-7-9-13(12)16-4/h6-9,11,14H,5,10H2,1-4H3. The van der Waals surface area contributed by atoms with E-state index in [1.807, 2.05) is 18.2 Å². The fraction of sp³-hybridized carbons (Fsp3) is 0.538. The minimum atomic E-state index is 0.441. The number of hydrogen-bond donors (Lipinski definition) is 1. The third kappa shape index (κ3) is 3.14. The number of likely N-dealkylation sites (N-methyl/N-ethyl adjacent to an activating group) is 2. The highest BCUT2D eigenvalue weighted by atomic mass is 16.5. The lowest BCUT2D eigenvalue weighted by Crippen LogP contribution is -2.38. The van der Waals surface area contributed by atoms with Gasteiger partial charge in [0.2, 0.25) is 0 Å². The molecule has 0 aliphatic rings. The Bertz CT molecular complexity index is 315. The Morgan fingerprint density at radius 3 is 2.69 bits per heavy atom. The van der Waals surface area contributed by atoms with Crippen molar-refractivity contribution in [3.8, 4) is 5.75 Å². The van der Waals surface area contributed by atoms with Crippen molar-refractivity contribution in [2.24, 2.45) is 0 Å². The molecule has 16 heavy (non-hydrogen) atoms.